The van der Waals surface area contributed by atoms with Crippen LogP contribution in [0.4, 0.5) is 0 Å². The van der Waals surface area contributed by atoms with E-state index < -0.39 is 0 Å². The number of hydrogen-bond acceptors (Lipinski definition) is 5. The van der Waals surface area contributed by atoms with Gasteiger partial charge in [-0.15, -0.1) is 24.0 Å². The van der Waals surface area contributed by atoms with Crippen LogP contribution in [0.15, 0.2) is 23.3 Å². The van der Waals surface area contributed by atoms with Gasteiger partial charge in [0.2, 0.25) is 5.88 Å². The molecule has 0 aliphatic rings. The summed E-state index contributed by atoms with van der Waals surface area (Å²) in [6.07, 6.45) is 2.99. The van der Waals surface area contributed by atoms with Gasteiger partial charge < -0.3 is 25.0 Å². The third-order valence-electron chi connectivity index (χ3n) is 3.59. The number of nitrogens with zero attached hydrogens (tertiary/aromatic N) is 3. The molecule has 0 saturated carbocycles. The highest BCUT2D eigenvalue weighted by molar-refractivity contribution is 14.0. The third-order valence-corrected chi connectivity index (χ3v) is 3.59. The summed E-state index contributed by atoms with van der Waals surface area (Å²) in [5.41, 5.74) is 1.05. The van der Waals surface area contributed by atoms with E-state index in [4.69, 9.17) is 9.47 Å². The first kappa shape index (κ1) is 25.9. The molecule has 0 radical (unpaired) electrons. The van der Waals surface area contributed by atoms with Crippen molar-refractivity contribution >= 4 is 29.9 Å². The monoisotopic (exact) mass is 493 g/mol. The molecule has 0 unspecified atom stereocenters. The topological polar surface area (TPSA) is 71.0 Å². The molecule has 1 aromatic rings. The van der Waals surface area contributed by atoms with Crippen LogP contribution >= 0.6 is 24.0 Å². The summed E-state index contributed by atoms with van der Waals surface area (Å²) in [4.78, 5) is 11.2. The highest BCUT2D eigenvalue weighted by atomic mass is 127. The molecule has 0 saturated heterocycles. The lowest BCUT2D eigenvalue weighted by atomic mass is 10.3. The molecule has 27 heavy (non-hydrogen) atoms. The summed E-state index contributed by atoms with van der Waals surface area (Å²) in [5, 5.41) is 6.64. The minimum Gasteiger partial charge on any atom is -0.475 e. The lowest BCUT2D eigenvalue weighted by Crippen LogP contribution is -2.41. The molecule has 0 atom stereocenters. The number of pyridine rings is 1. The van der Waals surface area contributed by atoms with Crippen LogP contribution < -0.4 is 15.4 Å². The summed E-state index contributed by atoms with van der Waals surface area (Å²) in [6.45, 7) is 11.1. The van der Waals surface area contributed by atoms with Crippen LogP contribution in [-0.4, -0.2) is 68.9 Å². The van der Waals surface area contributed by atoms with E-state index in [1.54, 1.807) is 7.11 Å². The van der Waals surface area contributed by atoms with Crippen LogP contribution in [-0.2, 0) is 11.3 Å². The van der Waals surface area contributed by atoms with E-state index >= 15 is 0 Å². The van der Waals surface area contributed by atoms with E-state index in [9.17, 15) is 0 Å². The summed E-state index contributed by atoms with van der Waals surface area (Å²) in [7, 11) is 3.86. The Bertz CT molecular complexity index is 511. The molecule has 0 fully saturated rings. The minimum absolute atomic E-state index is 0. The van der Waals surface area contributed by atoms with Gasteiger partial charge in [0, 0.05) is 52.2 Å². The number of nitrogens with one attached hydrogen (secondary N) is 2. The smallest absolute Gasteiger partial charge is 0.213 e. The first-order chi connectivity index (χ1) is 12.5. The van der Waals surface area contributed by atoms with E-state index in [0.29, 0.717) is 12.4 Å². The lowest BCUT2D eigenvalue weighted by Gasteiger charge is -2.18. The minimum atomic E-state index is 0. The van der Waals surface area contributed by atoms with Crippen molar-refractivity contribution in [1.82, 2.24) is 20.5 Å². The number of aliphatic imine (C=N–C) groups is 1. The Labute approximate surface area is 181 Å². The fourth-order valence-electron chi connectivity index (χ4n) is 2.28. The van der Waals surface area contributed by atoms with Crippen molar-refractivity contribution in [3.8, 4) is 5.88 Å². The van der Waals surface area contributed by atoms with E-state index in [2.05, 4.69) is 39.5 Å². The molecule has 0 bridgehead atoms. The maximum Gasteiger partial charge on any atom is 0.213 e. The van der Waals surface area contributed by atoms with Crippen molar-refractivity contribution in [1.29, 1.82) is 0 Å². The maximum atomic E-state index is 5.56. The van der Waals surface area contributed by atoms with Crippen molar-refractivity contribution in [2.75, 3.05) is 46.9 Å². The fourth-order valence-corrected chi connectivity index (χ4v) is 2.28. The molecule has 0 spiro atoms. The average molecular weight is 493 g/mol. The van der Waals surface area contributed by atoms with E-state index in [1.165, 1.54) is 0 Å². The van der Waals surface area contributed by atoms with E-state index in [-0.39, 0.29) is 30.1 Å². The van der Waals surface area contributed by atoms with Crippen LogP contribution in [0.25, 0.3) is 0 Å². The Morgan fingerprint density at radius 1 is 1.26 bits per heavy atom. The zero-order valence-electron chi connectivity index (χ0n) is 17.3. The van der Waals surface area contributed by atoms with Crippen LogP contribution in [0.2, 0.25) is 0 Å². The number of methoxy groups -OCH3 is 1. The number of hydrogen-bond donors (Lipinski definition) is 2. The third kappa shape index (κ3) is 12.8. The molecule has 0 aliphatic carbocycles. The number of likely N-dealkylation sites (N-methyl/N-ethyl adjacent to an activating group) is 1. The highest BCUT2D eigenvalue weighted by Gasteiger charge is 2.02. The van der Waals surface area contributed by atoms with Gasteiger partial charge in [0.15, 0.2) is 5.96 Å². The quantitative estimate of drug-likeness (QED) is 0.202. The molecule has 0 aliphatic heterocycles. The van der Waals surface area contributed by atoms with Gasteiger partial charge in [-0.2, -0.15) is 0 Å². The van der Waals surface area contributed by atoms with Gasteiger partial charge in [-0.3, -0.25) is 0 Å². The summed E-state index contributed by atoms with van der Waals surface area (Å²) in [5.74, 6) is 1.47. The number of ether oxygens (including phenoxy) is 2. The predicted molar refractivity (Wildman–Crippen MR) is 122 cm³/mol. The molecule has 1 heterocycles. The first-order valence-electron chi connectivity index (χ1n) is 9.36. The first-order valence-corrected chi connectivity index (χ1v) is 9.36. The number of guanidine groups is 1. The SMILES string of the molecule is CCNC(=NCc1ccc(OC(C)C)nc1)NCCN(C)CCCOC.I. The molecule has 1 aromatic heterocycles. The molecular weight excluding hydrogens is 457 g/mol. The van der Waals surface area contributed by atoms with Gasteiger partial charge >= 0.3 is 0 Å². The van der Waals surface area contributed by atoms with Gasteiger partial charge in [0.1, 0.15) is 0 Å². The second kappa shape index (κ2) is 15.9. The van der Waals surface area contributed by atoms with Crippen molar-refractivity contribution < 1.29 is 9.47 Å². The molecular formula is C19H36IN5O2. The predicted octanol–water partition coefficient (Wildman–Crippen LogP) is 2.51. The molecule has 8 heteroatoms. The van der Waals surface area contributed by atoms with Crippen LogP contribution in [0.3, 0.4) is 0 Å². The van der Waals surface area contributed by atoms with Gasteiger partial charge in [-0.05, 0) is 39.8 Å². The largest absolute Gasteiger partial charge is 0.475 e. The Morgan fingerprint density at radius 2 is 2.04 bits per heavy atom. The van der Waals surface area contributed by atoms with Gasteiger partial charge in [0.05, 0.1) is 12.6 Å². The highest BCUT2D eigenvalue weighted by Crippen LogP contribution is 2.10. The normalized spacial score (nSPS) is 11.4. The van der Waals surface area contributed by atoms with Gasteiger partial charge in [-0.25, -0.2) is 9.98 Å². The maximum absolute atomic E-state index is 5.56. The molecule has 0 aromatic carbocycles. The van der Waals surface area contributed by atoms with Crippen LogP contribution in [0, 0.1) is 0 Å². The molecule has 156 valence electrons. The van der Waals surface area contributed by atoms with Crippen molar-refractivity contribution in [3.05, 3.63) is 23.9 Å². The van der Waals surface area contributed by atoms with Crippen molar-refractivity contribution in [3.63, 3.8) is 0 Å². The zero-order chi connectivity index (χ0) is 19.2. The lowest BCUT2D eigenvalue weighted by molar-refractivity contribution is 0.180. The van der Waals surface area contributed by atoms with Gasteiger partial charge in [-0.1, -0.05) is 6.07 Å². The number of halogens is 1. The molecule has 2 N–H and O–H groups in total. The van der Waals surface area contributed by atoms with Crippen LogP contribution in [0.5, 0.6) is 5.88 Å². The Balaban J connectivity index is 0.00000676. The Hall–Kier alpha value is -1.13. The number of rotatable bonds is 12. The van der Waals surface area contributed by atoms with Crippen molar-refractivity contribution in [2.45, 2.75) is 39.8 Å². The van der Waals surface area contributed by atoms with E-state index in [1.807, 2.05) is 32.2 Å². The summed E-state index contributed by atoms with van der Waals surface area (Å²) < 4.78 is 10.6. The zero-order valence-corrected chi connectivity index (χ0v) is 19.7. The standard InChI is InChI=1S/C19H35N5O2.HI/c1-6-20-19(21-10-12-24(4)11-7-13-25-5)23-15-17-8-9-18(22-14-17)26-16(2)3;/h8-9,14,16H,6-7,10-13,15H2,1-5H3,(H2,20,21,23);1H. The van der Waals surface area contributed by atoms with Gasteiger partial charge in [0.25, 0.3) is 0 Å². The average Bonchev–Trinajstić information content (AvgIpc) is 2.60. The molecule has 1 rings (SSSR count). The second-order valence-electron chi connectivity index (χ2n) is 6.44. The molecule has 7 nitrogen and oxygen atoms in total. The number of aromatic nitrogens is 1. The fraction of sp³-hybridized carbons (Fsp3) is 0.684. The van der Waals surface area contributed by atoms with Crippen molar-refractivity contribution in [2.24, 2.45) is 4.99 Å². The van der Waals surface area contributed by atoms with Crippen LogP contribution in [0.1, 0.15) is 32.8 Å². The van der Waals surface area contributed by atoms with E-state index in [0.717, 1.165) is 50.7 Å². The summed E-state index contributed by atoms with van der Waals surface area (Å²) in [6, 6.07) is 3.89. The second-order valence-corrected chi connectivity index (χ2v) is 6.44. The summed E-state index contributed by atoms with van der Waals surface area (Å²) >= 11 is 0. The Kier molecular flexibility index (Phi) is 15.2. The molecule has 0 amide bonds. The Morgan fingerprint density at radius 3 is 2.63 bits per heavy atom.